The molecular formula is C14H13BrN2O2S. The molecule has 2 rings (SSSR count). The Kier molecular flexibility index (Phi) is 4.92. The topological polar surface area (TPSA) is 50.7 Å². The molecule has 0 spiro atoms. The van der Waals surface area contributed by atoms with Gasteiger partial charge in [-0.15, -0.1) is 11.3 Å². The van der Waals surface area contributed by atoms with Crippen molar-refractivity contribution in [3.8, 4) is 5.75 Å². The number of rotatable bonds is 4. The van der Waals surface area contributed by atoms with Crippen LogP contribution in [0.3, 0.4) is 0 Å². The highest BCUT2D eigenvalue weighted by Crippen LogP contribution is 2.25. The number of thiophene rings is 1. The minimum absolute atomic E-state index is 0.260. The van der Waals surface area contributed by atoms with E-state index in [1.54, 1.807) is 36.6 Å². The number of carbonyl (C=O) groups is 1. The van der Waals surface area contributed by atoms with Crippen LogP contribution in [-0.2, 0) is 0 Å². The molecule has 0 saturated carbocycles. The Balaban J connectivity index is 2.09. The Morgan fingerprint density at radius 1 is 1.40 bits per heavy atom. The summed E-state index contributed by atoms with van der Waals surface area (Å²) in [6.45, 7) is 1.86. The number of benzene rings is 1. The van der Waals surface area contributed by atoms with Gasteiger partial charge in [-0.1, -0.05) is 6.07 Å². The molecule has 6 heteroatoms. The van der Waals surface area contributed by atoms with Gasteiger partial charge in [0.25, 0.3) is 5.91 Å². The van der Waals surface area contributed by atoms with Crippen LogP contribution in [0.5, 0.6) is 5.75 Å². The number of carbonyl (C=O) groups excluding carboxylic acids is 1. The van der Waals surface area contributed by atoms with Gasteiger partial charge in [0, 0.05) is 10.4 Å². The van der Waals surface area contributed by atoms with E-state index in [1.807, 2.05) is 24.4 Å². The first kappa shape index (κ1) is 14.7. The molecule has 1 aromatic carbocycles. The van der Waals surface area contributed by atoms with E-state index in [2.05, 4.69) is 26.5 Å². The molecule has 0 radical (unpaired) electrons. The summed E-state index contributed by atoms with van der Waals surface area (Å²) in [7, 11) is 1.58. The second kappa shape index (κ2) is 6.67. The number of methoxy groups -OCH3 is 1. The van der Waals surface area contributed by atoms with Crippen molar-refractivity contribution in [2.24, 2.45) is 5.10 Å². The van der Waals surface area contributed by atoms with Crippen LogP contribution in [0.2, 0.25) is 0 Å². The molecule has 0 aliphatic carbocycles. The Hall–Kier alpha value is -1.66. The number of hydrogen-bond acceptors (Lipinski definition) is 4. The zero-order valence-electron chi connectivity index (χ0n) is 11.0. The van der Waals surface area contributed by atoms with E-state index in [4.69, 9.17) is 4.74 Å². The van der Waals surface area contributed by atoms with Crippen LogP contribution < -0.4 is 10.2 Å². The van der Waals surface area contributed by atoms with Crippen LogP contribution in [0.25, 0.3) is 0 Å². The summed E-state index contributed by atoms with van der Waals surface area (Å²) in [6.07, 6.45) is 0. The van der Waals surface area contributed by atoms with Gasteiger partial charge in [-0.3, -0.25) is 4.79 Å². The zero-order valence-corrected chi connectivity index (χ0v) is 13.4. The average Bonchev–Trinajstić information content (AvgIpc) is 2.98. The van der Waals surface area contributed by atoms with Crippen LogP contribution in [0.1, 0.15) is 22.2 Å². The monoisotopic (exact) mass is 352 g/mol. The SMILES string of the molecule is COc1ccc(C(=O)NN=C(C)c2cccs2)cc1Br. The van der Waals surface area contributed by atoms with Crippen molar-refractivity contribution in [1.82, 2.24) is 5.43 Å². The van der Waals surface area contributed by atoms with Gasteiger partial charge in [0.1, 0.15) is 5.75 Å². The van der Waals surface area contributed by atoms with E-state index < -0.39 is 0 Å². The lowest BCUT2D eigenvalue weighted by atomic mass is 10.2. The van der Waals surface area contributed by atoms with E-state index in [0.29, 0.717) is 11.3 Å². The normalized spacial score (nSPS) is 11.2. The van der Waals surface area contributed by atoms with Gasteiger partial charge in [0.2, 0.25) is 0 Å². The molecule has 0 saturated heterocycles. The number of nitrogens with one attached hydrogen (secondary N) is 1. The third-order valence-corrected chi connectivity index (χ3v) is 4.22. The summed E-state index contributed by atoms with van der Waals surface area (Å²) >= 11 is 4.93. The van der Waals surface area contributed by atoms with Crippen molar-refractivity contribution >= 4 is 38.9 Å². The molecule has 0 aliphatic heterocycles. The average molecular weight is 353 g/mol. The highest BCUT2D eigenvalue weighted by molar-refractivity contribution is 9.10. The Morgan fingerprint density at radius 3 is 2.80 bits per heavy atom. The molecule has 2 aromatic rings. The van der Waals surface area contributed by atoms with Crippen molar-refractivity contribution < 1.29 is 9.53 Å². The number of ether oxygens (including phenoxy) is 1. The predicted molar refractivity (Wildman–Crippen MR) is 84.7 cm³/mol. The minimum Gasteiger partial charge on any atom is -0.496 e. The molecule has 0 fully saturated rings. The number of hydrogen-bond donors (Lipinski definition) is 1. The summed E-state index contributed by atoms with van der Waals surface area (Å²) in [5.74, 6) is 0.420. The number of nitrogens with zero attached hydrogens (tertiary/aromatic N) is 1. The molecular weight excluding hydrogens is 340 g/mol. The fraction of sp³-hybridized carbons (Fsp3) is 0.143. The maximum Gasteiger partial charge on any atom is 0.271 e. The molecule has 1 N–H and O–H groups in total. The van der Waals surface area contributed by atoms with Crippen LogP contribution in [0, 0.1) is 0 Å². The van der Waals surface area contributed by atoms with E-state index in [1.165, 1.54) is 0 Å². The molecule has 104 valence electrons. The van der Waals surface area contributed by atoms with Gasteiger partial charge >= 0.3 is 0 Å². The third kappa shape index (κ3) is 3.46. The highest BCUT2D eigenvalue weighted by Gasteiger charge is 2.08. The van der Waals surface area contributed by atoms with Gasteiger partial charge in [-0.05, 0) is 52.5 Å². The standard InChI is InChI=1S/C14H13BrN2O2S/c1-9(13-4-3-7-20-13)16-17-14(18)10-5-6-12(19-2)11(15)8-10/h3-8H,1-2H3,(H,17,18). The van der Waals surface area contributed by atoms with E-state index in [-0.39, 0.29) is 5.91 Å². The molecule has 20 heavy (non-hydrogen) atoms. The lowest BCUT2D eigenvalue weighted by Gasteiger charge is -2.05. The number of halogens is 1. The molecule has 0 atom stereocenters. The first-order chi connectivity index (χ1) is 9.61. The largest absolute Gasteiger partial charge is 0.496 e. The zero-order chi connectivity index (χ0) is 14.5. The number of amides is 1. The second-order valence-corrected chi connectivity index (χ2v) is 5.77. The van der Waals surface area contributed by atoms with Crippen molar-refractivity contribution in [3.63, 3.8) is 0 Å². The quantitative estimate of drug-likeness (QED) is 0.674. The fourth-order valence-electron chi connectivity index (χ4n) is 1.55. The molecule has 0 bridgehead atoms. The highest BCUT2D eigenvalue weighted by atomic mass is 79.9. The molecule has 0 aliphatic rings. The molecule has 1 amide bonds. The van der Waals surface area contributed by atoms with Crippen molar-refractivity contribution in [1.29, 1.82) is 0 Å². The third-order valence-electron chi connectivity index (χ3n) is 2.62. The molecule has 4 nitrogen and oxygen atoms in total. The Labute approximate surface area is 129 Å². The van der Waals surface area contributed by atoms with Gasteiger partial charge in [0.05, 0.1) is 17.3 Å². The predicted octanol–water partition coefficient (Wildman–Crippen LogP) is 3.67. The van der Waals surface area contributed by atoms with E-state index >= 15 is 0 Å². The maximum atomic E-state index is 12.0. The lowest BCUT2D eigenvalue weighted by molar-refractivity contribution is 0.0954. The summed E-state index contributed by atoms with van der Waals surface area (Å²) < 4.78 is 5.85. The summed E-state index contributed by atoms with van der Waals surface area (Å²) in [5, 5.41) is 6.07. The van der Waals surface area contributed by atoms with Crippen molar-refractivity contribution in [2.45, 2.75) is 6.92 Å². The first-order valence-electron chi connectivity index (χ1n) is 5.84. The van der Waals surface area contributed by atoms with Gasteiger partial charge in [-0.25, -0.2) is 5.43 Å². The van der Waals surface area contributed by atoms with Gasteiger partial charge in [-0.2, -0.15) is 5.10 Å². The Bertz CT molecular complexity index is 639. The number of hydrazone groups is 1. The van der Waals surface area contributed by atoms with Crippen LogP contribution >= 0.6 is 27.3 Å². The minimum atomic E-state index is -0.260. The van der Waals surface area contributed by atoms with Gasteiger partial charge in [0.15, 0.2) is 0 Å². The lowest BCUT2D eigenvalue weighted by Crippen LogP contribution is -2.19. The summed E-state index contributed by atoms with van der Waals surface area (Å²) in [5.41, 5.74) is 3.84. The van der Waals surface area contributed by atoms with Gasteiger partial charge < -0.3 is 4.74 Å². The van der Waals surface area contributed by atoms with Crippen LogP contribution in [0.15, 0.2) is 45.3 Å². The van der Waals surface area contributed by atoms with E-state index in [9.17, 15) is 4.79 Å². The maximum absolute atomic E-state index is 12.0. The Morgan fingerprint density at radius 2 is 2.20 bits per heavy atom. The van der Waals surface area contributed by atoms with E-state index in [0.717, 1.165) is 15.1 Å². The van der Waals surface area contributed by atoms with Crippen molar-refractivity contribution in [2.75, 3.05) is 7.11 Å². The molecule has 1 aromatic heterocycles. The first-order valence-corrected chi connectivity index (χ1v) is 7.51. The molecule has 0 unspecified atom stereocenters. The fourth-order valence-corrected chi connectivity index (χ4v) is 2.76. The molecule has 1 heterocycles. The summed E-state index contributed by atoms with van der Waals surface area (Å²) in [4.78, 5) is 13.0. The second-order valence-electron chi connectivity index (χ2n) is 3.96. The van der Waals surface area contributed by atoms with Crippen LogP contribution in [0.4, 0.5) is 0 Å². The smallest absolute Gasteiger partial charge is 0.271 e. The van der Waals surface area contributed by atoms with Crippen LogP contribution in [-0.4, -0.2) is 18.7 Å². The summed E-state index contributed by atoms with van der Waals surface area (Å²) in [6, 6.07) is 9.02. The van der Waals surface area contributed by atoms with Crippen molar-refractivity contribution in [3.05, 3.63) is 50.6 Å².